The Morgan fingerprint density at radius 1 is 0.818 bits per heavy atom. The van der Waals surface area contributed by atoms with E-state index in [2.05, 4.69) is 7.85 Å². The van der Waals surface area contributed by atoms with Crippen LogP contribution in [0.4, 0.5) is 0 Å². The number of rotatable bonds is 0. The molecule has 2 aliphatic rings. The molecule has 11 heavy (non-hydrogen) atoms. The summed E-state index contributed by atoms with van der Waals surface area (Å²) in [5.41, 5.74) is 0. The van der Waals surface area contributed by atoms with Crippen LogP contribution in [0.15, 0.2) is 0 Å². The first-order valence-corrected chi connectivity index (χ1v) is 5.36. The van der Waals surface area contributed by atoms with E-state index in [1.165, 1.54) is 19.3 Å². The quantitative estimate of drug-likeness (QED) is 0.465. The molecule has 0 saturated heterocycles. The molecule has 2 fully saturated rings. The van der Waals surface area contributed by atoms with Crippen LogP contribution in [0.3, 0.4) is 0 Å². The summed E-state index contributed by atoms with van der Waals surface area (Å²) in [6, 6.07) is 0. The third-order valence-electron chi connectivity index (χ3n) is 3.80. The second-order valence-electron chi connectivity index (χ2n) is 4.72. The van der Waals surface area contributed by atoms with Gasteiger partial charge in [-0.1, -0.05) is 50.8 Å². The molecule has 2 aliphatic carbocycles. The van der Waals surface area contributed by atoms with Gasteiger partial charge in [-0.3, -0.25) is 0 Å². The maximum atomic E-state index is 2.44. The zero-order valence-corrected chi connectivity index (χ0v) is 7.68. The molecular weight excluding hydrogens is 131 g/mol. The van der Waals surface area contributed by atoms with Crippen LogP contribution in [0.25, 0.3) is 0 Å². The smallest absolute Gasteiger partial charge is 0.0694 e. The van der Waals surface area contributed by atoms with E-state index in [-0.39, 0.29) is 0 Å². The molecule has 0 nitrogen and oxygen atoms in total. The lowest BCUT2D eigenvalue weighted by atomic mass is 9.62. The van der Waals surface area contributed by atoms with Crippen LogP contribution in [0.2, 0.25) is 5.82 Å². The second kappa shape index (κ2) is 3.20. The third-order valence-corrected chi connectivity index (χ3v) is 3.80. The summed E-state index contributed by atoms with van der Waals surface area (Å²) < 4.78 is 0. The van der Waals surface area contributed by atoms with Crippen molar-refractivity contribution >= 4 is 7.85 Å². The van der Waals surface area contributed by atoms with E-state index in [0.29, 0.717) is 0 Å². The Balaban J connectivity index is 1.93. The predicted molar refractivity (Wildman–Crippen MR) is 51.6 cm³/mol. The van der Waals surface area contributed by atoms with Crippen molar-refractivity contribution in [3.8, 4) is 0 Å². The van der Waals surface area contributed by atoms with E-state index < -0.39 is 0 Å². The van der Waals surface area contributed by atoms with E-state index in [0.717, 1.165) is 17.7 Å². The fraction of sp³-hybridized carbons (Fsp3) is 1.00. The molecule has 1 heteroatoms. The molecular formula is C10H19B. The van der Waals surface area contributed by atoms with E-state index >= 15 is 0 Å². The molecule has 3 unspecified atom stereocenters. The van der Waals surface area contributed by atoms with Gasteiger partial charge in [-0.15, -0.1) is 0 Å². The van der Waals surface area contributed by atoms with Crippen molar-refractivity contribution in [3.05, 3.63) is 0 Å². The van der Waals surface area contributed by atoms with Crippen molar-refractivity contribution in [2.45, 2.75) is 50.8 Å². The van der Waals surface area contributed by atoms with Gasteiger partial charge in [0.1, 0.15) is 7.85 Å². The highest BCUT2D eigenvalue weighted by Crippen LogP contribution is 2.43. The molecule has 0 aliphatic heterocycles. The minimum absolute atomic E-state index is 1.04. The fourth-order valence-corrected chi connectivity index (χ4v) is 3.11. The lowest BCUT2D eigenvalue weighted by Crippen LogP contribution is -2.25. The monoisotopic (exact) mass is 150 g/mol. The van der Waals surface area contributed by atoms with Gasteiger partial charge < -0.3 is 0 Å². The molecule has 0 aromatic rings. The largest absolute Gasteiger partial charge is 0.105 e. The molecule has 3 atom stereocenters. The highest BCUT2D eigenvalue weighted by atomic mass is 14.3. The Hall–Kier alpha value is 0.0649. The van der Waals surface area contributed by atoms with Gasteiger partial charge in [0.25, 0.3) is 0 Å². The topological polar surface area (TPSA) is 0 Å². The van der Waals surface area contributed by atoms with Gasteiger partial charge >= 0.3 is 0 Å². The van der Waals surface area contributed by atoms with Gasteiger partial charge in [0.15, 0.2) is 0 Å². The van der Waals surface area contributed by atoms with Crippen molar-refractivity contribution in [1.29, 1.82) is 0 Å². The summed E-state index contributed by atoms with van der Waals surface area (Å²) in [6.07, 6.45) is 10.8. The van der Waals surface area contributed by atoms with Crippen molar-refractivity contribution in [2.24, 2.45) is 11.8 Å². The zero-order chi connectivity index (χ0) is 7.68. The lowest BCUT2D eigenvalue weighted by Gasteiger charge is -2.38. The van der Waals surface area contributed by atoms with Crippen LogP contribution in [-0.4, -0.2) is 7.85 Å². The summed E-state index contributed by atoms with van der Waals surface area (Å²) in [6.45, 7) is 0. The van der Waals surface area contributed by atoms with Crippen molar-refractivity contribution in [1.82, 2.24) is 0 Å². The molecule has 0 heterocycles. The molecule has 0 aromatic carbocycles. The van der Waals surface area contributed by atoms with Crippen LogP contribution < -0.4 is 0 Å². The molecule has 0 aromatic heterocycles. The molecule has 0 amide bonds. The Morgan fingerprint density at radius 2 is 1.55 bits per heavy atom. The average molecular weight is 150 g/mol. The van der Waals surface area contributed by atoms with Crippen LogP contribution >= 0.6 is 0 Å². The summed E-state index contributed by atoms with van der Waals surface area (Å²) in [7, 11) is 2.44. The Kier molecular flexibility index (Phi) is 2.24. The Labute approximate surface area is 71.2 Å². The highest BCUT2D eigenvalue weighted by molar-refractivity contribution is 6.11. The second-order valence-corrected chi connectivity index (χ2v) is 4.72. The van der Waals surface area contributed by atoms with Gasteiger partial charge in [0, 0.05) is 0 Å². The summed E-state index contributed by atoms with van der Waals surface area (Å²) in [4.78, 5) is 0. The first-order chi connectivity index (χ1) is 5.36. The minimum atomic E-state index is 1.04. The van der Waals surface area contributed by atoms with Crippen LogP contribution in [0.5, 0.6) is 0 Å². The summed E-state index contributed by atoms with van der Waals surface area (Å²) in [5.74, 6) is 3.31. The third kappa shape index (κ3) is 1.63. The number of hydrogen-bond donors (Lipinski definition) is 0. The average Bonchev–Trinajstić information content (AvgIpc) is 2.04. The molecule has 62 valence electrons. The van der Waals surface area contributed by atoms with Gasteiger partial charge in [-0.05, 0) is 11.8 Å². The van der Waals surface area contributed by atoms with Gasteiger partial charge in [0.2, 0.25) is 0 Å². The first kappa shape index (κ1) is 7.70. The Bertz CT molecular complexity index is 133. The first-order valence-electron chi connectivity index (χ1n) is 5.36. The normalized spacial score (nSPS) is 44.9. The minimum Gasteiger partial charge on any atom is -0.0694 e. The van der Waals surface area contributed by atoms with E-state index in [4.69, 9.17) is 0 Å². The molecule has 2 saturated carbocycles. The van der Waals surface area contributed by atoms with Crippen molar-refractivity contribution < 1.29 is 0 Å². The SMILES string of the molecule is BC1CCC2CCCCC2C1. The summed E-state index contributed by atoms with van der Waals surface area (Å²) >= 11 is 0. The van der Waals surface area contributed by atoms with E-state index in [1.807, 2.05) is 0 Å². The maximum Gasteiger partial charge on any atom is 0.105 e. The predicted octanol–water partition coefficient (Wildman–Crippen LogP) is 2.40. The molecule has 0 spiro atoms. The summed E-state index contributed by atoms with van der Waals surface area (Å²) in [5, 5.41) is 0. The maximum absolute atomic E-state index is 2.44. The van der Waals surface area contributed by atoms with Crippen molar-refractivity contribution in [2.75, 3.05) is 0 Å². The zero-order valence-electron chi connectivity index (χ0n) is 7.68. The van der Waals surface area contributed by atoms with Gasteiger partial charge in [-0.2, -0.15) is 0 Å². The standard InChI is InChI=1S/C10H19B/c11-10-6-5-8-3-1-2-4-9(8)7-10/h8-10H,1-7,11H2. The van der Waals surface area contributed by atoms with E-state index in [1.54, 1.807) is 25.7 Å². The molecule has 0 N–H and O–H groups in total. The number of fused-ring (bicyclic) bond motifs is 1. The number of hydrogen-bond acceptors (Lipinski definition) is 0. The highest BCUT2D eigenvalue weighted by Gasteiger charge is 2.29. The Morgan fingerprint density at radius 3 is 2.36 bits per heavy atom. The molecule has 0 bridgehead atoms. The van der Waals surface area contributed by atoms with Crippen LogP contribution in [0.1, 0.15) is 44.9 Å². The van der Waals surface area contributed by atoms with Crippen molar-refractivity contribution in [3.63, 3.8) is 0 Å². The van der Waals surface area contributed by atoms with Gasteiger partial charge in [0.05, 0.1) is 0 Å². The fourth-order valence-electron chi connectivity index (χ4n) is 3.11. The van der Waals surface area contributed by atoms with Gasteiger partial charge in [-0.25, -0.2) is 0 Å². The van der Waals surface area contributed by atoms with Crippen LogP contribution in [0, 0.1) is 11.8 Å². The molecule has 2 rings (SSSR count). The van der Waals surface area contributed by atoms with E-state index in [9.17, 15) is 0 Å². The molecule has 0 radical (unpaired) electrons. The van der Waals surface area contributed by atoms with Crippen LogP contribution in [-0.2, 0) is 0 Å². The lowest BCUT2D eigenvalue weighted by molar-refractivity contribution is 0.172.